The monoisotopic (exact) mass is 262 g/mol. The number of anilines is 1. The SMILES string of the molecule is CCc1cc(CC)nc(N2CCC(C)CC2CN)n1. The van der Waals surface area contributed by atoms with Gasteiger partial charge in [-0.25, -0.2) is 9.97 Å². The van der Waals surface area contributed by atoms with Crippen LogP contribution in [-0.4, -0.2) is 29.1 Å². The minimum atomic E-state index is 0.389. The Labute approximate surface area is 116 Å². The van der Waals surface area contributed by atoms with Crippen molar-refractivity contribution in [2.24, 2.45) is 11.7 Å². The fourth-order valence-corrected chi connectivity index (χ4v) is 2.77. The van der Waals surface area contributed by atoms with Crippen LogP contribution in [0.15, 0.2) is 6.07 Å². The van der Waals surface area contributed by atoms with E-state index < -0.39 is 0 Å². The molecule has 0 aromatic carbocycles. The molecule has 4 heteroatoms. The lowest BCUT2D eigenvalue weighted by Gasteiger charge is -2.38. The van der Waals surface area contributed by atoms with E-state index in [1.54, 1.807) is 0 Å². The Hall–Kier alpha value is -1.16. The van der Waals surface area contributed by atoms with E-state index in [-0.39, 0.29) is 0 Å². The van der Waals surface area contributed by atoms with E-state index in [0.29, 0.717) is 12.6 Å². The molecule has 2 rings (SSSR count). The molecule has 2 heterocycles. The van der Waals surface area contributed by atoms with Crippen LogP contribution in [0.3, 0.4) is 0 Å². The second-order valence-corrected chi connectivity index (χ2v) is 5.57. The van der Waals surface area contributed by atoms with Gasteiger partial charge >= 0.3 is 0 Å². The molecule has 19 heavy (non-hydrogen) atoms. The Kier molecular flexibility index (Phi) is 4.75. The van der Waals surface area contributed by atoms with Crippen molar-refractivity contribution in [3.05, 3.63) is 17.5 Å². The van der Waals surface area contributed by atoms with Gasteiger partial charge in [-0.1, -0.05) is 20.8 Å². The Morgan fingerprint density at radius 2 is 1.89 bits per heavy atom. The Morgan fingerprint density at radius 1 is 1.26 bits per heavy atom. The van der Waals surface area contributed by atoms with E-state index >= 15 is 0 Å². The zero-order valence-electron chi connectivity index (χ0n) is 12.4. The Balaban J connectivity index is 2.28. The Morgan fingerprint density at radius 3 is 2.42 bits per heavy atom. The molecule has 0 radical (unpaired) electrons. The van der Waals surface area contributed by atoms with Gasteiger partial charge in [0.25, 0.3) is 0 Å². The lowest BCUT2D eigenvalue weighted by atomic mass is 9.93. The van der Waals surface area contributed by atoms with E-state index in [9.17, 15) is 0 Å². The van der Waals surface area contributed by atoms with Gasteiger partial charge < -0.3 is 10.6 Å². The molecule has 0 saturated carbocycles. The number of aryl methyl sites for hydroxylation is 2. The molecule has 106 valence electrons. The highest BCUT2D eigenvalue weighted by molar-refractivity contribution is 5.35. The van der Waals surface area contributed by atoms with E-state index in [0.717, 1.165) is 49.1 Å². The van der Waals surface area contributed by atoms with Crippen LogP contribution < -0.4 is 10.6 Å². The highest BCUT2D eigenvalue weighted by atomic mass is 15.3. The summed E-state index contributed by atoms with van der Waals surface area (Å²) in [6, 6.07) is 2.51. The fraction of sp³-hybridized carbons (Fsp3) is 0.733. The maximum absolute atomic E-state index is 5.94. The van der Waals surface area contributed by atoms with Crippen LogP contribution in [0.5, 0.6) is 0 Å². The zero-order valence-corrected chi connectivity index (χ0v) is 12.4. The summed E-state index contributed by atoms with van der Waals surface area (Å²) >= 11 is 0. The molecule has 2 unspecified atom stereocenters. The number of hydrogen-bond acceptors (Lipinski definition) is 4. The number of aromatic nitrogens is 2. The number of nitrogens with zero attached hydrogens (tertiary/aromatic N) is 3. The largest absolute Gasteiger partial charge is 0.337 e. The first-order valence-corrected chi connectivity index (χ1v) is 7.51. The van der Waals surface area contributed by atoms with Crippen LogP contribution in [-0.2, 0) is 12.8 Å². The zero-order chi connectivity index (χ0) is 13.8. The van der Waals surface area contributed by atoms with Crippen molar-refractivity contribution in [2.75, 3.05) is 18.0 Å². The van der Waals surface area contributed by atoms with Crippen LogP contribution in [0.2, 0.25) is 0 Å². The molecule has 2 atom stereocenters. The van der Waals surface area contributed by atoms with Crippen molar-refractivity contribution in [3.8, 4) is 0 Å². The lowest BCUT2D eigenvalue weighted by Crippen LogP contribution is -2.47. The van der Waals surface area contributed by atoms with Crippen molar-refractivity contribution in [3.63, 3.8) is 0 Å². The molecule has 1 aromatic heterocycles. The third-order valence-electron chi connectivity index (χ3n) is 4.05. The molecular formula is C15H26N4. The summed E-state index contributed by atoms with van der Waals surface area (Å²) in [5.41, 5.74) is 8.21. The summed E-state index contributed by atoms with van der Waals surface area (Å²) in [4.78, 5) is 11.7. The molecule has 2 N–H and O–H groups in total. The van der Waals surface area contributed by atoms with E-state index in [1.807, 2.05) is 0 Å². The first-order valence-electron chi connectivity index (χ1n) is 7.51. The van der Waals surface area contributed by atoms with Gasteiger partial charge in [-0.15, -0.1) is 0 Å². The molecule has 1 aromatic rings. The van der Waals surface area contributed by atoms with Crippen LogP contribution in [0.4, 0.5) is 5.95 Å². The van der Waals surface area contributed by atoms with Crippen molar-refractivity contribution in [1.29, 1.82) is 0 Å². The average molecular weight is 262 g/mol. The van der Waals surface area contributed by atoms with Gasteiger partial charge in [0.15, 0.2) is 0 Å². The second-order valence-electron chi connectivity index (χ2n) is 5.57. The van der Waals surface area contributed by atoms with Crippen molar-refractivity contribution < 1.29 is 0 Å². The molecule has 1 saturated heterocycles. The van der Waals surface area contributed by atoms with Gasteiger partial charge in [-0.2, -0.15) is 0 Å². The quantitative estimate of drug-likeness (QED) is 0.903. The summed E-state index contributed by atoms with van der Waals surface area (Å²) in [6.45, 7) is 8.31. The number of nitrogens with two attached hydrogens (primary N) is 1. The third-order valence-corrected chi connectivity index (χ3v) is 4.05. The summed E-state index contributed by atoms with van der Waals surface area (Å²) in [7, 11) is 0. The van der Waals surface area contributed by atoms with Crippen LogP contribution >= 0.6 is 0 Å². The van der Waals surface area contributed by atoms with Crippen molar-refractivity contribution in [1.82, 2.24) is 9.97 Å². The molecular weight excluding hydrogens is 236 g/mol. The maximum Gasteiger partial charge on any atom is 0.226 e. The lowest BCUT2D eigenvalue weighted by molar-refractivity contribution is 0.362. The minimum absolute atomic E-state index is 0.389. The predicted molar refractivity (Wildman–Crippen MR) is 79.4 cm³/mol. The van der Waals surface area contributed by atoms with Crippen LogP contribution in [0.25, 0.3) is 0 Å². The molecule has 4 nitrogen and oxygen atoms in total. The molecule has 0 amide bonds. The number of hydrogen-bond donors (Lipinski definition) is 1. The molecule has 1 fully saturated rings. The Bertz CT molecular complexity index is 396. The summed E-state index contributed by atoms with van der Waals surface area (Å²) in [5.74, 6) is 1.64. The molecule has 0 spiro atoms. The molecule has 1 aliphatic rings. The van der Waals surface area contributed by atoms with E-state index in [4.69, 9.17) is 15.7 Å². The van der Waals surface area contributed by atoms with Crippen molar-refractivity contribution >= 4 is 5.95 Å². The average Bonchev–Trinajstić information content (AvgIpc) is 2.46. The number of rotatable bonds is 4. The highest BCUT2D eigenvalue weighted by Gasteiger charge is 2.27. The third kappa shape index (κ3) is 3.24. The summed E-state index contributed by atoms with van der Waals surface area (Å²) < 4.78 is 0. The van der Waals surface area contributed by atoms with Gasteiger partial charge in [0.2, 0.25) is 5.95 Å². The predicted octanol–water partition coefficient (Wildman–Crippen LogP) is 2.17. The fourth-order valence-electron chi connectivity index (χ4n) is 2.77. The molecule has 0 aliphatic carbocycles. The smallest absolute Gasteiger partial charge is 0.226 e. The minimum Gasteiger partial charge on any atom is -0.337 e. The van der Waals surface area contributed by atoms with Gasteiger partial charge in [0.05, 0.1) is 0 Å². The van der Waals surface area contributed by atoms with E-state index in [2.05, 4.69) is 31.7 Å². The highest BCUT2D eigenvalue weighted by Crippen LogP contribution is 2.25. The van der Waals surface area contributed by atoms with Gasteiger partial charge in [0.1, 0.15) is 0 Å². The second kappa shape index (κ2) is 6.33. The van der Waals surface area contributed by atoms with Crippen LogP contribution in [0.1, 0.15) is 45.0 Å². The summed E-state index contributed by atoms with van der Waals surface area (Å²) in [6.07, 6.45) is 4.27. The van der Waals surface area contributed by atoms with E-state index in [1.165, 1.54) is 6.42 Å². The topological polar surface area (TPSA) is 55.0 Å². The van der Waals surface area contributed by atoms with Crippen molar-refractivity contribution in [2.45, 2.75) is 52.5 Å². The first kappa shape index (κ1) is 14.3. The maximum atomic E-state index is 5.94. The van der Waals surface area contributed by atoms with Gasteiger partial charge in [0, 0.05) is 30.5 Å². The van der Waals surface area contributed by atoms with Crippen LogP contribution in [0, 0.1) is 5.92 Å². The van der Waals surface area contributed by atoms with Gasteiger partial charge in [-0.3, -0.25) is 0 Å². The summed E-state index contributed by atoms with van der Waals surface area (Å²) in [5, 5.41) is 0. The molecule has 1 aliphatic heterocycles. The standard InChI is InChI=1S/C15H26N4/c1-4-12-9-13(5-2)18-15(17-12)19-7-6-11(3)8-14(19)10-16/h9,11,14H,4-8,10,16H2,1-3H3. The van der Waals surface area contributed by atoms with Gasteiger partial charge in [-0.05, 0) is 37.7 Å². The normalized spacial score (nSPS) is 23.7. The number of piperidine rings is 1. The first-order chi connectivity index (χ1) is 9.17. The molecule has 0 bridgehead atoms.